The molecule has 4 heteroatoms. The zero-order chi connectivity index (χ0) is 17.0. The molecule has 0 aliphatic carbocycles. The third-order valence-electron chi connectivity index (χ3n) is 4.03. The van der Waals surface area contributed by atoms with Crippen molar-refractivity contribution in [2.75, 3.05) is 26.3 Å². The van der Waals surface area contributed by atoms with Gasteiger partial charge in [0.05, 0.1) is 6.61 Å². The molecule has 138 valence electrons. The fourth-order valence-corrected chi connectivity index (χ4v) is 2.62. The normalized spacial score (nSPS) is 11.0. The molecule has 0 saturated carbocycles. The minimum Gasteiger partial charge on any atom is -0.481 e. The highest BCUT2D eigenvalue weighted by atomic mass is 16.5. The van der Waals surface area contributed by atoms with Crippen LogP contribution < -0.4 is 5.32 Å². The highest BCUT2D eigenvalue weighted by Crippen LogP contribution is 2.11. The van der Waals surface area contributed by atoms with Crippen LogP contribution in [-0.2, 0) is 9.53 Å². The molecule has 0 aromatic rings. The van der Waals surface area contributed by atoms with Crippen LogP contribution >= 0.6 is 0 Å². The van der Waals surface area contributed by atoms with Crippen LogP contribution in [0.3, 0.4) is 0 Å². The lowest BCUT2D eigenvalue weighted by Crippen LogP contribution is -2.20. The van der Waals surface area contributed by atoms with Crippen molar-refractivity contribution in [3.8, 4) is 0 Å². The van der Waals surface area contributed by atoms with Gasteiger partial charge in [0.2, 0.25) is 0 Å². The van der Waals surface area contributed by atoms with Crippen LogP contribution in [0.2, 0.25) is 0 Å². The van der Waals surface area contributed by atoms with E-state index in [0.717, 1.165) is 39.1 Å². The highest BCUT2D eigenvalue weighted by Gasteiger charge is 1.97. The van der Waals surface area contributed by atoms with E-state index in [1.807, 2.05) is 0 Å². The molecule has 0 aliphatic heterocycles. The molecule has 0 saturated heterocycles. The SMILES string of the molecule is CCCNCCOCCCCCCCCCCCCCC(=O)O. The van der Waals surface area contributed by atoms with Crippen molar-refractivity contribution in [3.63, 3.8) is 0 Å². The molecule has 0 aromatic carbocycles. The quantitative estimate of drug-likeness (QED) is 0.335. The maximum absolute atomic E-state index is 10.4. The van der Waals surface area contributed by atoms with Crippen molar-refractivity contribution >= 4 is 5.97 Å². The van der Waals surface area contributed by atoms with E-state index in [1.165, 1.54) is 64.2 Å². The number of carboxylic acids is 1. The molecule has 0 bridgehead atoms. The van der Waals surface area contributed by atoms with Gasteiger partial charge in [0, 0.05) is 19.6 Å². The number of hydrogen-bond acceptors (Lipinski definition) is 3. The predicted octanol–water partition coefficient (Wildman–Crippen LogP) is 4.77. The number of rotatable bonds is 19. The van der Waals surface area contributed by atoms with Gasteiger partial charge in [-0.05, 0) is 25.8 Å². The number of hydrogen-bond donors (Lipinski definition) is 2. The lowest BCUT2D eigenvalue weighted by molar-refractivity contribution is -0.137. The van der Waals surface area contributed by atoms with E-state index in [0.29, 0.717) is 6.42 Å². The van der Waals surface area contributed by atoms with Gasteiger partial charge in [-0.3, -0.25) is 4.79 Å². The van der Waals surface area contributed by atoms with Crippen LogP contribution in [0.15, 0.2) is 0 Å². The topological polar surface area (TPSA) is 58.6 Å². The molecule has 0 atom stereocenters. The van der Waals surface area contributed by atoms with E-state index in [9.17, 15) is 4.79 Å². The molecule has 0 unspecified atom stereocenters. The third kappa shape index (κ3) is 21.4. The van der Waals surface area contributed by atoms with Gasteiger partial charge in [0.25, 0.3) is 0 Å². The van der Waals surface area contributed by atoms with E-state index in [4.69, 9.17) is 9.84 Å². The zero-order valence-corrected chi connectivity index (χ0v) is 15.3. The van der Waals surface area contributed by atoms with Gasteiger partial charge in [0.15, 0.2) is 0 Å². The smallest absolute Gasteiger partial charge is 0.303 e. The van der Waals surface area contributed by atoms with Gasteiger partial charge in [0.1, 0.15) is 0 Å². The van der Waals surface area contributed by atoms with Crippen LogP contribution in [0.1, 0.15) is 90.4 Å². The van der Waals surface area contributed by atoms with Gasteiger partial charge in [-0.2, -0.15) is 0 Å². The van der Waals surface area contributed by atoms with Crippen LogP contribution in [0.4, 0.5) is 0 Å². The summed E-state index contributed by atoms with van der Waals surface area (Å²) in [5.41, 5.74) is 0. The lowest BCUT2D eigenvalue weighted by atomic mass is 10.1. The summed E-state index contributed by atoms with van der Waals surface area (Å²) in [7, 11) is 0. The zero-order valence-electron chi connectivity index (χ0n) is 15.3. The van der Waals surface area contributed by atoms with Crippen molar-refractivity contribution in [1.82, 2.24) is 5.32 Å². The van der Waals surface area contributed by atoms with Gasteiger partial charge < -0.3 is 15.2 Å². The first-order chi connectivity index (χ1) is 11.3. The summed E-state index contributed by atoms with van der Waals surface area (Å²) in [5, 5.41) is 11.9. The monoisotopic (exact) mass is 329 g/mol. The Morgan fingerprint density at radius 2 is 1.30 bits per heavy atom. The minimum absolute atomic E-state index is 0.332. The Kier molecular flexibility index (Phi) is 18.9. The minimum atomic E-state index is -0.663. The second-order valence-corrected chi connectivity index (χ2v) is 6.40. The molecule has 2 N–H and O–H groups in total. The fraction of sp³-hybridized carbons (Fsp3) is 0.947. The molecule has 0 fully saturated rings. The number of nitrogens with one attached hydrogen (secondary N) is 1. The predicted molar refractivity (Wildman–Crippen MR) is 97.0 cm³/mol. The third-order valence-corrected chi connectivity index (χ3v) is 4.03. The second-order valence-electron chi connectivity index (χ2n) is 6.40. The largest absolute Gasteiger partial charge is 0.481 e. The summed E-state index contributed by atoms with van der Waals surface area (Å²) in [6.07, 6.45) is 15.0. The van der Waals surface area contributed by atoms with Gasteiger partial charge in [-0.25, -0.2) is 0 Å². The first-order valence-electron chi connectivity index (χ1n) is 9.77. The highest BCUT2D eigenvalue weighted by molar-refractivity contribution is 5.66. The average molecular weight is 330 g/mol. The van der Waals surface area contributed by atoms with E-state index < -0.39 is 5.97 Å². The van der Waals surface area contributed by atoms with Crippen molar-refractivity contribution in [2.24, 2.45) is 0 Å². The Morgan fingerprint density at radius 1 is 0.783 bits per heavy atom. The second kappa shape index (κ2) is 19.4. The molecule has 0 radical (unpaired) electrons. The fourth-order valence-electron chi connectivity index (χ4n) is 2.62. The van der Waals surface area contributed by atoms with E-state index in [-0.39, 0.29) is 0 Å². The van der Waals surface area contributed by atoms with Crippen molar-refractivity contribution in [3.05, 3.63) is 0 Å². The molecule has 0 heterocycles. The Hall–Kier alpha value is -0.610. The Morgan fingerprint density at radius 3 is 1.83 bits per heavy atom. The van der Waals surface area contributed by atoms with Crippen LogP contribution in [0.5, 0.6) is 0 Å². The molecule has 0 aromatic heterocycles. The summed E-state index contributed by atoms with van der Waals surface area (Å²) in [5.74, 6) is -0.663. The first kappa shape index (κ1) is 22.4. The van der Waals surface area contributed by atoms with E-state index in [1.54, 1.807) is 0 Å². The molecule has 4 nitrogen and oxygen atoms in total. The summed E-state index contributed by atoms with van der Waals surface area (Å²) < 4.78 is 5.59. The number of unbranched alkanes of at least 4 members (excludes halogenated alkanes) is 10. The van der Waals surface area contributed by atoms with Crippen LogP contribution in [0, 0.1) is 0 Å². The summed E-state index contributed by atoms with van der Waals surface area (Å²) in [4.78, 5) is 10.4. The Bertz CT molecular complexity index is 247. The average Bonchev–Trinajstić information content (AvgIpc) is 2.53. The molecule has 0 aliphatic rings. The first-order valence-corrected chi connectivity index (χ1v) is 9.77. The van der Waals surface area contributed by atoms with Gasteiger partial charge in [-0.15, -0.1) is 0 Å². The van der Waals surface area contributed by atoms with E-state index >= 15 is 0 Å². The van der Waals surface area contributed by atoms with Crippen LogP contribution in [-0.4, -0.2) is 37.4 Å². The van der Waals surface area contributed by atoms with Crippen molar-refractivity contribution in [2.45, 2.75) is 90.4 Å². The van der Waals surface area contributed by atoms with Gasteiger partial charge in [-0.1, -0.05) is 64.7 Å². The standard InChI is InChI=1S/C19H39NO3/c1-2-15-20-16-18-23-17-13-11-9-7-5-3-4-6-8-10-12-14-19(21)22/h20H,2-18H2,1H3,(H,21,22). The maximum Gasteiger partial charge on any atom is 0.303 e. The maximum atomic E-state index is 10.4. The Balaban J connectivity index is 2.96. The number of carboxylic acid groups (broad SMARTS) is 1. The molecule has 0 spiro atoms. The summed E-state index contributed by atoms with van der Waals surface area (Å²) in [6.45, 7) is 5.99. The van der Waals surface area contributed by atoms with Crippen LogP contribution in [0.25, 0.3) is 0 Å². The molecule has 0 rings (SSSR count). The van der Waals surface area contributed by atoms with Crippen molar-refractivity contribution in [1.29, 1.82) is 0 Å². The molecule has 0 amide bonds. The number of ether oxygens (including phenoxy) is 1. The Labute approximate surface area is 143 Å². The lowest BCUT2D eigenvalue weighted by Gasteiger charge is -2.05. The molecular formula is C19H39NO3. The summed E-state index contributed by atoms with van der Waals surface area (Å²) >= 11 is 0. The van der Waals surface area contributed by atoms with Gasteiger partial charge >= 0.3 is 5.97 Å². The molecular weight excluding hydrogens is 290 g/mol. The number of carbonyl (C=O) groups is 1. The van der Waals surface area contributed by atoms with E-state index in [2.05, 4.69) is 12.2 Å². The number of aliphatic carboxylic acids is 1. The van der Waals surface area contributed by atoms with Crippen molar-refractivity contribution < 1.29 is 14.6 Å². The molecule has 23 heavy (non-hydrogen) atoms. The summed E-state index contributed by atoms with van der Waals surface area (Å²) in [6, 6.07) is 0.